The molecule has 106 valence electrons. The van der Waals surface area contributed by atoms with Gasteiger partial charge in [0.25, 0.3) is 0 Å². The van der Waals surface area contributed by atoms with Crippen LogP contribution in [0.2, 0.25) is 0 Å². The predicted octanol–water partition coefficient (Wildman–Crippen LogP) is 3.70. The van der Waals surface area contributed by atoms with Crippen LogP contribution in [0.25, 0.3) is 0 Å². The van der Waals surface area contributed by atoms with E-state index in [0.717, 1.165) is 25.7 Å². The predicted molar refractivity (Wildman–Crippen MR) is 73.1 cm³/mol. The molecule has 0 aromatic rings. The Balaban J connectivity index is 2.84. The average Bonchev–Trinajstić information content (AvgIpc) is 2.24. The number of amides is 1. The summed E-state index contributed by atoms with van der Waals surface area (Å²) in [5.41, 5.74) is -0.723. The quantitative estimate of drug-likeness (QED) is 0.748. The molecule has 3 heteroatoms. The molecule has 0 bridgehead atoms. The fourth-order valence-electron chi connectivity index (χ4n) is 3.13. The van der Waals surface area contributed by atoms with Gasteiger partial charge < -0.3 is 5.32 Å². The van der Waals surface area contributed by atoms with Gasteiger partial charge in [0.05, 0.1) is 5.54 Å². The fraction of sp³-hybridized carbons (Fsp3) is 0.933. The molecule has 0 aromatic carbocycles. The number of piperidine rings is 1. The molecule has 18 heavy (non-hydrogen) atoms. The number of hydrogen-bond acceptors (Lipinski definition) is 1. The van der Waals surface area contributed by atoms with Gasteiger partial charge >= 0.3 is 0 Å². The summed E-state index contributed by atoms with van der Waals surface area (Å²) in [6.07, 6.45) is 3.16. The van der Waals surface area contributed by atoms with Crippen molar-refractivity contribution >= 4 is 5.91 Å². The van der Waals surface area contributed by atoms with Crippen molar-refractivity contribution in [1.29, 1.82) is 0 Å². The van der Waals surface area contributed by atoms with E-state index in [1.807, 2.05) is 13.8 Å². The fourth-order valence-corrected chi connectivity index (χ4v) is 3.13. The SMILES string of the molecule is CCCCCC1C(C(C)C)C(=O)NC(C)(C)C1F. The second kappa shape index (κ2) is 6.03. The second-order valence-electron chi connectivity index (χ2n) is 6.54. The third-order valence-corrected chi connectivity index (χ3v) is 4.13. The molecular formula is C15H28FNO. The summed E-state index contributed by atoms with van der Waals surface area (Å²) in [6, 6.07) is 0. The third-order valence-electron chi connectivity index (χ3n) is 4.13. The highest BCUT2D eigenvalue weighted by Crippen LogP contribution is 2.38. The van der Waals surface area contributed by atoms with Crippen LogP contribution in [-0.2, 0) is 4.79 Å². The Morgan fingerprint density at radius 1 is 1.33 bits per heavy atom. The van der Waals surface area contributed by atoms with Gasteiger partial charge in [-0.2, -0.15) is 0 Å². The third kappa shape index (κ3) is 3.24. The molecular weight excluding hydrogens is 229 g/mol. The largest absolute Gasteiger partial charge is 0.348 e. The van der Waals surface area contributed by atoms with Gasteiger partial charge in [0, 0.05) is 11.8 Å². The number of carbonyl (C=O) groups excluding carboxylic acids is 1. The maximum Gasteiger partial charge on any atom is 0.224 e. The summed E-state index contributed by atoms with van der Waals surface area (Å²) in [4.78, 5) is 12.2. The molecule has 0 spiro atoms. The molecule has 1 N–H and O–H groups in total. The molecule has 2 nitrogen and oxygen atoms in total. The molecule has 3 unspecified atom stereocenters. The van der Waals surface area contributed by atoms with Gasteiger partial charge in [0.1, 0.15) is 6.17 Å². The zero-order chi connectivity index (χ0) is 13.9. The summed E-state index contributed by atoms with van der Waals surface area (Å²) in [5, 5.41) is 2.84. The van der Waals surface area contributed by atoms with Crippen LogP contribution in [0.5, 0.6) is 0 Å². The zero-order valence-electron chi connectivity index (χ0n) is 12.4. The Kier molecular flexibility index (Phi) is 5.18. The minimum absolute atomic E-state index is 0.0328. The van der Waals surface area contributed by atoms with Crippen molar-refractivity contribution in [2.75, 3.05) is 0 Å². The van der Waals surface area contributed by atoms with Crippen LogP contribution >= 0.6 is 0 Å². The molecule has 0 radical (unpaired) electrons. The van der Waals surface area contributed by atoms with Gasteiger partial charge in [-0.25, -0.2) is 4.39 Å². The first-order chi connectivity index (χ1) is 8.31. The number of unbranched alkanes of at least 4 members (excludes halogenated alkanes) is 2. The van der Waals surface area contributed by atoms with Crippen LogP contribution in [-0.4, -0.2) is 17.6 Å². The van der Waals surface area contributed by atoms with Crippen molar-refractivity contribution in [3.8, 4) is 0 Å². The number of halogens is 1. The molecule has 0 aromatic heterocycles. The lowest BCUT2D eigenvalue weighted by Crippen LogP contribution is -2.62. The van der Waals surface area contributed by atoms with E-state index in [9.17, 15) is 9.18 Å². The Hall–Kier alpha value is -0.600. The van der Waals surface area contributed by atoms with Crippen LogP contribution in [0, 0.1) is 17.8 Å². The Morgan fingerprint density at radius 3 is 2.44 bits per heavy atom. The minimum Gasteiger partial charge on any atom is -0.348 e. The molecule has 1 aliphatic heterocycles. The van der Waals surface area contributed by atoms with E-state index >= 15 is 0 Å². The highest BCUT2D eigenvalue weighted by Gasteiger charge is 2.48. The van der Waals surface area contributed by atoms with Gasteiger partial charge in [0.15, 0.2) is 0 Å². The molecule has 1 aliphatic rings. The lowest BCUT2D eigenvalue weighted by molar-refractivity contribution is -0.139. The minimum atomic E-state index is -0.945. The normalized spacial score (nSPS) is 31.5. The van der Waals surface area contributed by atoms with Gasteiger partial charge in [0.2, 0.25) is 5.91 Å². The zero-order valence-corrected chi connectivity index (χ0v) is 12.4. The smallest absolute Gasteiger partial charge is 0.224 e. The van der Waals surface area contributed by atoms with E-state index in [0.29, 0.717) is 0 Å². The van der Waals surface area contributed by atoms with Crippen LogP contribution in [0.1, 0.15) is 60.3 Å². The van der Waals surface area contributed by atoms with E-state index in [1.54, 1.807) is 13.8 Å². The van der Waals surface area contributed by atoms with Crippen molar-refractivity contribution < 1.29 is 9.18 Å². The van der Waals surface area contributed by atoms with Crippen molar-refractivity contribution in [3.63, 3.8) is 0 Å². The van der Waals surface area contributed by atoms with E-state index in [-0.39, 0.29) is 23.7 Å². The molecule has 1 rings (SSSR count). The topological polar surface area (TPSA) is 29.1 Å². The number of carbonyl (C=O) groups is 1. The van der Waals surface area contributed by atoms with Gasteiger partial charge in [-0.3, -0.25) is 4.79 Å². The summed E-state index contributed by atoms with van der Waals surface area (Å²) in [5.74, 6) is -0.0680. The Morgan fingerprint density at radius 2 is 1.94 bits per heavy atom. The van der Waals surface area contributed by atoms with Gasteiger partial charge in [-0.15, -0.1) is 0 Å². The maximum atomic E-state index is 14.6. The Bertz CT molecular complexity index is 288. The summed E-state index contributed by atoms with van der Waals surface area (Å²) < 4.78 is 14.6. The molecule has 3 atom stereocenters. The lowest BCUT2D eigenvalue weighted by atomic mass is 9.69. The van der Waals surface area contributed by atoms with Crippen LogP contribution in [0.3, 0.4) is 0 Å². The van der Waals surface area contributed by atoms with E-state index in [1.165, 1.54) is 0 Å². The standard InChI is InChI=1S/C15H28FNO/c1-6-7-8-9-11-12(10(2)3)14(18)17-15(4,5)13(11)16/h10-13H,6-9H2,1-5H3,(H,17,18). The lowest BCUT2D eigenvalue weighted by Gasteiger charge is -2.45. The van der Waals surface area contributed by atoms with Crippen molar-refractivity contribution in [2.24, 2.45) is 17.8 Å². The highest BCUT2D eigenvalue weighted by atomic mass is 19.1. The molecule has 1 amide bonds. The van der Waals surface area contributed by atoms with Crippen molar-refractivity contribution in [3.05, 3.63) is 0 Å². The first-order valence-electron chi connectivity index (χ1n) is 7.27. The molecule has 0 aliphatic carbocycles. The van der Waals surface area contributed by atoms with Crippen LogP contribution in [0.15, 0.2) is 0 Å². The van der Waals surface area contributed by atoms with E-state index in [4.69, 9.17) is 0 Å². The van der Waals surface area contributed by atoms with Gasteiger partial charge in [-0.05, 0) is 26.2 Å². The molecule has 1 fully saturated rings. The maximum absolute atomic E-state index is 14.6. The van der Waals surface area contributed by atoms with Gasteiger partial charge in [-0.1, -0.05) is 40.0 Å². The Labute approximate surface area is 111 Å². The van der Waals surface area contributed by atoms with Crippen molar-refractivity contribution in [2.45, 2.75) is 72.0 Å². The van der Waals surface area contributed by atoms with E-state index in [2.05, 4.69) is 12.2 Å². The second-order valence-corrected chi connectivity index (χ2v) is 6.54. The first kappa shape index (κ1) is 15.5. The summed E-state index contributed by atoms with van der Waals surface area (Å²) >= 11 is 0. The monoisotopic (exact) mass is 257 g/mol. The van der Waals surface area contributed by atoms with Crippen LogP contribution < -0.4 is 5.32 Å². The highest BCUT2D eigenvalue weighted by molar-refractivity contribution is 5.81. The van der Waals surface area contributed by atoms with Crippen molar-refractivity contribution in [1.82, 2.24) is 5.32 Å². The van der Waals surface area contributed by atoms with Crippen LogP contribution in [0.4, 0.5) is 4.39 Å². The van der Waals surface area contributed by atoms with E-state index < -0.39 is 11.7 Å². The number of alkyl halides is 1. The number of hydrogen-bond donors (Lipinski definition) is 1. The molecule has 1 heterocycles. The summed E-state index contributed by atoms with van der Waals surface area (Å²) in [6.45, 7) is 9.76. The summed E-state index contributed by atoms with van der Waals surface area (Å²) in [7, 11) is 0. The number of rotatable bonds is 5. The first-order valence-corrected chi connectivity index (χ1v) is 7.27. The molecule has 1 saturated heterocycles. The average molecular weight is 257 g/mol. The number of nitrogens with one attached hydrogen (secondary N) is 1. The molecule has 0 saturated carbocycles.